The Kier molecular flexibility index (Phi) is 3.35. The molecule has 1 aromatic heterocycles. The van der Waals surface area contributed by atoms with Crippen LogP contribution in [0.5, 0.6) is 0 Å². The van der Waals surface area contributed by atoms with E-state index in [1.165, 1.54) is 0 Å². The summed E-state index contributed by atoms with van der Waals surface area (Å²) in [6, 6.07) is 20.7. The number of rotatable bonds is 2. The summed E-state index contributed by atoms with van der Waals surface area (Å²) in [7, 11) is 1.93. The second-order valence-corrected chi connectivity index (χ2v) is 6.04. The lowest BCUT2D eigenvalue weighted by Crippen LogP contribution is -2.32. The quantitative estimate of drug-likeness (QED) is 0.199. The first-order chi connectivity index (χ1) is 12.1. The normalized spacial score (nSPS) is 11.1. The maximum absolute atomic E-state index is 11.2. The lowest BCUT2D eigenvalue weighted by Gasteiger charge is -2.10. The van der Waals surface area contributed by atoms with E-state index in [0.717, 1.165) is 32.9 Å². The molecule has 0 saturated heterocycles. The third-order valence-electron chi connectivity index (χ3n) is 4.53. The fraction of sp³-hybridized carbons (Fsp3) is 0.0500. The lowest BCUT2D eigenvalue weighted by molar-refractivity contribution is -0.632. The zero-order chi connectivity index (χ0) is 17.6. The van der Waals surface area contributed by atoms with E-state index in [-0.39, 0.29) is 10.6 Å². The molecule has 5 heteroatoms. The molecule has 5 nitrogen and oxygen atoms in total. The third-order valence-corrected chi connectivity index (χ3v) is 4.53. The van der Waals surface area contributed by atoms with E-state index in [9.17, 15) is 10.1 Å². The van der Waals surface area contributed by atoms with Gasteiger partial charge in [-0.15, -0.1) is 0 Å². The molecule has 0 aliphatic heterocycles. The van der Waals surface area contributed by atoms with Crippen LogP contribution in [-0.2, 0) is 7.05 Å². The highest BCUT2D eigenvalue weighted by Gasteiger charge is 2.22. The number of nitrogens with zero attached hydrogens (tertiary/aromatic N) is 2. The Morgan fingerprint density at radius 3 is 2.36 bits per heavy atom. The SMILES string of the molecule is C[n+]1c(-c2ccccc2)c2cc(N)ccc2c2ccc([N+](=O)[O-])cc21. The van der Waals surface area contributed by atoms with E-state index in [0.29, 0.717) is 5.69 Å². The highest BCUT2D eigenvalue weighted by molar-refractivity contribution is 6.10. The maximum atomic E-state index is 11.2. The molecule has 0 unspecified atom stereocenters. The van der Waals surface area contributed by atoms with Crippen molar-refractivity contribution in [2.75, 3.05) is 5.73 Å². The van der Waals surface area contributed by atoms with Gasteiger partial charge in [0.1, 0.15) is 7.05 Å². The molecule has 2 N–H and O–H groups in total. The Balaban J connectivity index is 2.22. The molecule has 0 fully saturated rings. The predicted octanol–water partition coefficient (Wildman–Crippen LogP) is 3.97. The van der Waals surface area contributed by atoms with E-state index >= 15 is 0 Å². The predicted molar refractivity (Wildman–Crippen MR) is 99.1 cm³/mol. The molecule has 4 aromatic rings. The summed E-state index contributed by atoms with van der Waals surface area (Å²) in [4.78, 5) is 10.8. The van der Waals surface area contributed by atoms with Crippen LogP contribution in [0.25, 0.3) is 32.9 Å². The number of nitrogen functional groups attached to an aromatic ring is 1. The number of pyridine rings is 1. The molecule has 3 aromatic carbocycles. The number of anilines is 1. The van der Waals surface area contributed by atoms with Crippen LogP contribution in [0.4, 0.5) is 11.4 Å². The Hall–Kier alpha value is -3.47. The van der Waals surface area contributed by atoms with Gasteiger partial charge in [0, 0.05) is 22.7 Å². The fourth-order valence-corrected chi connectivity index (χ4v) is 3.38. The number of nitrogens with two attached hydrogens (primary N) is 1. The van der Waals surface area contributed by atoms with Crippen molar-refractivity contribution in [2.24, 2.45) is 7.05 Å². The molecule has 4 rings (SSSR count). The van der Waals surface area contributed by atoms with Gasteiger partial charge in [-0.2, -0.15) is 4.57 Å². The number of fused-ring (bicyclic) bond motifs is 3. The molecule has 122 valence electrons. The zero-order valence-electron chi connectivity index (χ0n) is 13.6. The first-order valence-electron chi connectivity index (χ1n) is 7.91. The fourth-order valence-electron chi connectivity index (χ4n) is 3.38. The Morgan fingerprint density at radius 1 is 0.920 bits per heavy atom. The average molecular weight is 330 g/mol. The van der Waals surface area contributed by atoms with Crippen molar-refractivity contribution in [3.05, 3.63) is 76.8 Å². The minimum Gasteiger partial charge on any atom is -0.399 e. The van der Waals surface area contributed by atoms with Gasteiger partial charge in [-0.1, -0.05) is 24.3 Å². The smallest absolute Gasteiger partial charge is 0.276 e. The number of aryl methyl sites for hydroxylation is 1. The summed E-state index contributed by atoms with van der Waals surface area (Å²) in [6.07, 6.45) is 0. The van der Waals surface area contributed by atoms with Crippen molar-refractivity contribution >= 4 is 33.1 Å². The number of hydrogen-bond acceptors (Lipinski definition) is 3. The van der Waals surface area contributed by atoms with Crippen molar-refractivity contribution in [1.29, 1.82) is 0 Å². The molecule has 0 bridgehead atoms. The molecule has 25 heavy (non-hydrogen) atoms. The number of nitro groups is 1. The summed E-state index contributed by atoms with van der Waals surface area (Å²) in [5.41, 5.74) is 9.63. The second kappa shape index (κ2) is 5.56. The van der Waals surface area contributed by atoms with Gasteiger partial charge in [0.05, 0.1) is 21.8 Å². The lowest BCUT2D eigenvalue weighted by atomic mass is 9.98. The van der Waals surface area contributed by atoms with Crippen LogP contribution in [0, 0.1) is 10.1 Å². The van der Waals surface area contributed by atoms with Crippen molar-refractivity contribution < 1.29 is 9.49 Å². The minimum atomic E-state index is -0.366. The van der Waals surface area contributed by atoms with Gasteiger partial charge in [0.2, 0.25) is 11.2 Å². The Morgan fingerprint density at radius 2 is 1.64 bits per heavy atom. The van der Waals surface area contributed by atoms with Crippen LogP contribution in [0.1, 0.15) is 0 Å². The van der Waals surface area contributed by atoms with Crippen LogP contribution in [0.3, 0.4) is 0 Å². The number of nitro benzene ring substituents is 1. The number of aromatic nitrogens is 1. The number of hydrogen-bond donors (Lipinski definition) is 1. The molecule has 0 saturated carbocycles. The minimum absolute atomic E-state index is 0.0805. The largest absolute Gasteiger partial charge is 0.399 e. The maximum Gasteiger partial charge on any atom is 0.276 e. The van der Waals surface area contributed by atoms with Gasteiger partial charge in [-0.25, -0.2) is 0 Å². The topological polar surface area (TPSA) is 73.0 Å². The molecule has 0 atom stereocenters. The van der Waals surface area contributed by atoms with Gasteiger partial charge >= 0.3 is 0 Å². The van der Waals surface area contributed by atoms with E-state index in [1.807, 2.05) is 60.1 Å². The van der Waals surface area contributed by atoms with Crippen molar-refractivity contribution in [1.82, 2.24) is 0 Å². The van der Waals surface area contributed by atoms with Gasteiger partial charge in [0.25, 0.3) is 5.69 Å². The first kappa shape index (κ1) is 15.1. The monoisotopic (exact) mass is 330 g/mol. The third kappa shape index (κ3) is 2.37. The standard InChI is InChI=1S/C20H16N3O2/c1-22-19-12-15(23(24)25)8-10-17(19)16-9-7-14(21)11-18(16)20(22)13-5-3-2-4-6-13/h2-12H,21H2,1H3/q+1. The van der Waals surface area contributed by atoms with Crippen molar-refractivity contribution in [2.45, 2.75) is 0 Å². The zero-order valence-corrected chi connectivity index (χ0v) is 13.6. The average Bonchev–Trinajstić information content (AvgIpc) is 2.62. The van der Waals surface area contributed by atoms with Crippen molar-refractivity contribution in [3.63, 3.8) is 0 Å². The molecule has 0 amide bonds. The Bertz CT molecular complexity index is 1140. The molecule has 0 spiro atoms. The molecule has 0 aliphatic rings. The van der Waals surface area contributed by atoms with E-state index in [4.69, 9.17) is 5.73 Å². The molecule has 0 radical (unpaired) electrons. The van der Waals surface area contributed by atoms with E-state index in [2.05, 4.69) is 0 Å². The highest BCUT2D eigenvalue weighted by atomic mass is 16.6. The number of non-ortho nitro benzene ring substituents is 1. The van der Waals surface area contributed by atoms with Gasteiger partial charge in [-0.05, 0) is 30.3 Å². The molecule has 1 heterocycles. The summed E-state index contributed by atoms with van der Waals surface area (Å²) >= 11 is 0. The highest BCUT2D eigenvalue weighted by Crippen LogP contribution is 2.33. The number of benzene rings is 3. The molecule has 0 aliphatic carbocycles. The van der Waals surface area contributed by atoms with E-state index in [1.54, 1.807) is 18.2 Å². The summed E-state index contributed by atoms with van der Waals surface area (Å²) in [5, 5.41) is 14.2. The van der Waals surface area contributed by atoms with Crippen LogP contribution >= 0.6 is 0 Å². The van der Waals surface area contributed by atoms with Crippen LogP contribution in [0.2, 0.25) is 0 Å². The summed E-state index contributed by atoms with van der Waals surface area (Å²) in [6.45, 7) is 0. The van der Waals surface area contributed by atoms with Gasteiger partial charge in [-0.3, -0.25) is 10.1 Å². The van der Waals surface area contributed by atoms with Gasteiger partial charge in [0.15, 0.2) is 0 Å². The second-order valence-electron chi connectivity index (χ2n) is 6.04. The van der Waals surface area contributed by atoms with Crippen LogP contribution < -0.4 is 10.3 Å². The molecular weight excluding hydrogens is 314 g/mol. The van der Waals surface area contributed by atoms with Crippen LogP contribution in [0.15, 0.2) is 66.7 Å². The Labute approximate surface area is 144 Å². The summed E-state index contributed by atoms with van der Waals surface area (Å²) in [5.74, 6) is 0. The first-order valence-corrected chi connectivity index (χ1v) is 7.91. The van der Waals surface area contributed by atoms with Crippen LogP contribution in [-0.4, -0.2) is 4.92 Å². The van der Waals surface area contributed by atoms with E-state index < -0.39 is 0 Å². The summed E-state index contributed by atoms with van der Waals surface area (Å²) < 4.78 is 2.00. The molecular formula is C20H16N3O2+. The van der Waals surface area contributed by atoms with Crippen molar-refractivity contribution in [3.8, 4) is 11.3 Å². The van der Waals surface area contributed by atoms with Gasteiger partial charge < -0.3 is 5.73 Å².